The van der Waals surface area contributed by atoms with Crippen LogP contribution in [0.15, 0.2) is 30.3 Å². The Bertz CT molecular complexity index is 947. The number of halogens is 2. The molecule has 0 aromatic heterocycles. The molecule has 0 spiro atoms. The van der Waals surface area contributed by atoms with Crippen molar-refractivity contribution < 1.29 is 32.6 Å². The third-order valence-electron chi connectivity index (χ3n) is 5.01. The maximum absolute atomic E-state index is 14.2. The van der Waals surface area contributed by atoms with Gasteiger partial charge in [-0.1, -0.05) is 0 Å². The van der Waals surface area contributed by atoms with E-state index in [4.69, 9.17) is 14.2 Å². The fourth-order valence-electron chi connectivity index (χ4n) is 3.55. The molecule has 0 radical (unpaired) electrons. The first-order chi connectivity index (χ1) is 13.9. The van der Waals surface area contributed by atoms with Crippen molar-refractivity contribution in [3.05, 3.63) is 58.7 Å². The highest BCUT2D eigenvalue weighted by Crippen LogP contribution is 2.40. The largest absolute Gasteiger partial charge is 0.493 e. The molecule has 2 aromatic carbocycles. The predicted octanol–water partition coefficient (Wildman–Crippen LogP) is 3.28. The molecule has 0 saturated heterocycles. The standard InChI is InChI=1S/C21H21F2NO5/c1-27-18-8-12-6-7-24(21(26)14-5-4-13(22)9-16(14)23)17(11-20(25)29-3)15(12)10-19(18)28-2/h4-5,8-10,17H,6-7,11H2,1-3H3/t17-/m0/s1. The Labute approximate surface area is 167 Å². The summed E-state index contributed by atoms with van der Waals surface area (Å²) in [5.41, 5.74) is 1.32. The van der Waals surface area contributed by atoms with E-state index in [9.17, 15) is 18.4 Å². The van der Waals surface area contributed by atoms with Crippen LogP contribution in [0.2, 0.25) is 0 Å². The second kappa shape index (κ2) is 8.46. The molecule has 1 aliphatic heterocycles. The van der Waals surface area contributed by atoms with E-state index in [2.05, 4.69) is 0 Å². The lowest BCUT2D eigenvalue weighted by molar-refractivity contribution is -0.141. The minimum atomic E-state index is -0.954. The van der Waals surface area contributed by atoms with Crippen LogP contribution in [-0.4, -0.2) is 44.7 Å². The molecule has 0 saturated carbocycles. The van der Waals surface area contributed by atoms with Gasteiger partial charge in [-0.2, -0.15) is 0 Å². The number of amides is 1. The van der Waals surface area contributed by atoms with Crippen molar-refractivity contribution in [2.75, 3.05) is 27.9 Å². The number of carbonyl (C=O) groups excluding carboxylic acids is 2. The van der Waals surface area contributed by atoms with Crippen molar-refractivity contribution in [2.45, 2.75) is 18.9 Å². The van der Waals surface area contributed by atoms with Crippen LogP contribution in [0.1, 0.15) is 33.9 Å². The third kappa shape index (κ3) is 4.01. The molecule has 0 N–H and O–H groups in total. The van der Waals surface area contributed by atoms with E-state index in [1.807, 2.05) is 0 Å². The van der Waals surface area contributed by atoms with Crippen molar-refractivity contribution in [3.8, 4) is 11.5 Å². The second-order valence-corrected chi connectivity index (χ2v) is 6.57. The van der Waals surface area contributed by atoms with Crippen LogP contribution in [0.5, 0.6) is 11.5 Å². The van der Waals surface area contributed by atoms with Gasteiger partial charge in [0.15, 0.2) is 11.5 Å². The van der Waals surface area contributed by atoms with E-state index in [0.29, 0.717) is 29.5 Å². The Morgan fingerprint density at radius 1 is 1.07 bits per heavy atom. The summed E-state index contributed by atoms with van der Waals surface area (Å²) < 4.78 is 42.9. The Kier molecular flexibility index (Phi) is 6.00. The molecule has 1 atom stereocenters. The van der Waals surface area contributed by atoms with Crippen LogP contribution in [0, 0.1) is 11.6 Å². The van der Waals surface area contributed by atoms with Gasteiger partial charge in [0.05, 0.1) is 39.4 Å². The summed E-state index contributed by atoms with van der Waals surface area (Å²) in [6, 6.07) is 5.61. The van der Waals surface area contributed by atoms with Gasteiger partial charge in [0.25, 0.3) is 5.91 Å². The Balaban J connectivity index is 2.06. The number of rotatable bonds is 5. The zero-order chi connectivity index (χ0) is 21.1. The molecule has 8 heteroatoms. The molecule has 3 rings (SSSR count). The maximum atomic E-state index is 14.2. The van der Waals surface area contributed by atoms with Gasteiger partial charge in [-0.15, -0.1) is 0 Å². The average Bonchev–Trinajstić information content (AvgIpc) is 2.72. The van der Waals surface area contributed by atoms with Crippen molar-refractivity contribution >= 4 is 11.9 Å². The number of methoxy groups -OCH3 is 3. The number of hydrogen-bond acceptors (Lipinski definition) is 5. The maximum Gasteiger partial charge on any atom is 0.307 e. The lowest BCUT2D eigenvalue weighted by Crippen LogP contribution is -2.41. The van der Waals surface area contributed by atoms with Crippen LogP contribution >= 0.6 is 0 Å². The highest BCUT2D eigenvalue weighted by atomic mass is 19.1. The van der Waals surface area contributed by atoms with Crippen LogP contribution in [0.3, 0.4) is 0 Å². The molecular weight excluding hydrogens is 384 g/mol. The van der Waals surface area contributed by atoms with Crippen molar-refractivity contribution in [3.63, 3.8) is 0 Å². The SMILES string of the molecule is COC(=O)C[C@H]1c2cc(OC)c(OC)cc2CCN1C(=O)c1ccc(F)cc1F. The molecule has 1 aliphatic rings. The lowest BCUT2D eigenvalue weighted by atomic mass is 9.89. The topological polar surface area (TPSA) is 65.1 Å². The minimum Gasteiger partial charge on any atom is -0.493 e. The van der Waals surface area contributed by atoms with E-state index in [-0.39, 0.29) is 18.5 Å². The molecular formula is C21H21F2NO5. The van der Waals surface area contributed by atoms with Crippen LogP contribution < -0.4 is 9.47 Å². The van der Waals surface area contributed by atoms with E-state index >= 15 is 0 Å². The molecule has 0 fully saturated rings. The Hall–Kier alpha value is -3.16. The molecule has 0 bridgehead atoms. The number of esters is 1. The molecule has 29 heavy (non-hydrogen) atoms. The van der Waals surface area contributed by atoms with Crippen molar-refractivity contribution in [2.24, 2.45) is 0 Å². The quantitative estimate of drug-likeness (QED) is 0.715. The molecule has 1 amide bonds. The minimum absolute atomic E-state index is 0.118. The van der Waals surface area contributed by atoms with Gasteiger partial charge in [-0.25, -0.2) is 8.78 Å². The average molecular weight is 405 g/mol. The third-order valence-corrected chi connectivity index (χ3v) is 5.01. The van der Waals surface area contributed by atoms with Gasteiger partial charge in [-0.3, -0.25) is 9.59 Å². The van der Waals surface area contributed by atoms with Gasteiger partial charge in [0.1, 0.15) is 11.6 Å². The first kappa shape index (κ1) is 20.6. The van der Waals surface area contributed by atoms with Crippen molar-refractivity contribution in [1.82, 2.24) is 4.90 Å². The van der Waals surface area contributed by atoms with Gasteiger partial charge in [0, 0.05) is 12.6 Å². The molecule has 154 valence electrons. The van der Waals surface area contributed by atoms with Gasteiger partial charge < -0.3 is 19.1 Å². The number of benzene rings is 2. The summed E-state index contributed by atoms with van der Waals surface area (Å²) in [4.78, 5) is 26.5. The number of ether oxygens (including phenoxy) is 3. The molecule has 1 heterocycles. The molecule has 2 aromatic rings. The van der Waals surface area contributed by atoms with Crippen LogP contribution in [-0.2, 0) is 16.0 Å². The molecule has 0 unspecified atom stereocenters. The Morgan fingerprint density at radius 3 is 2.38 bits per heavy atom. The highest BCUT2D eigenvalue weighted by molar-refractivity contribution is 5.95. The summed E-state index contributed by atoms with van der Waals surface area (Å²) in [6.45, 7) is 0.250. The fraction of sp³-hybridized carbons (Fsp3) is 0.333. The van der Waals surface area contributed by atoms with E-state index < -0.39 is 29.6 Å². The van der Waals surface area contributed by atoms with E-state index in [1.54, 1.807) is 12.1 Å². The van der Waals surface area contributed by atoms with Gasteiger partial charge >= 0.3 is 5.97 Å². The fourth-order valence-corrected chi connectivity index (χ4v) is 3.55. The van der Waals surface area contributed by atoms with E-state index in [0.717, 1.165) is 17.7 Å². The first-order valence-corrected chi connectivity index (χ1v) is 8.97. The van der Waals surface area contributed by atoms with Gasteiger partial charge in [0.2, 0.25) is 0 Å². The number of fused-ring (bicyclic) bond motifs is 1. The Morgan fingerprint density at radius 2 is 1.76 bits per heavy atom. The number of carbonyl (C=O) groups is 2. The van der Waals surface area contributed by atoms with E-state index in [1.165, 1.54) is 26.2 Å². The van der Waals surface area contributed by atoms with Crippen LogP contribution in [0.25, 0.3) is 0 Å². The zero-order valence-electron chi connectivity index (χ0n) is 16.3. The summed E-state index contributed by atoms with van der Waals surface area (Å²) in [5.74, 6) is -1.89. The highest BCUT2D eigenvalue weighted by Gasteiger charge is 2.35. The summed E-state index contributed by atoms with van der Waals surface area (Å²) in [6.07, 6.45) is 0.357. The normalized spacial score (nSPS) is 15.5. The molecule has 0 aliphatic carbocycles. The van der Waals surface area contributed by atoms with Crippen LogP contribution in [0.4, 0.5) is 8.78 Å². The predicted molar refractivity (Wildman–Crippen MR) is 100 cm³/mol. The number of hydrogen-bond donors (Lipinski definition) is 0. The summed E-state index contributed by atoms with van der Waals surface area (Å²) >= 11 is 0. The van der Waals surface area contributed by atoms with Crippen molar-refractivity contribution in [1.29, 1.82) is 0 Å². The summed E-state index contributed by atoms with van der Waals surface area (Å²) in [5, 5.41) is 0. The van der Waals surface area contributed by atoms with Gasteiger partial charge in [-0.05, 0) is 41.8 Å². The summed E-state index contributed by atoms with van der Waals surface area (Å²) in [7, 11) is 4.26. The number of nitrogens with zero attached hydrogens (tertiary/aromatic N) is 1. The lowest BCUT2D eigenvalue weighted by Gasteiger charge is -2.37. The monoisotopic (exact) mass is 405 g/mol. The smallest absolute Gasteiger partial charge is 0.307 e. The first-order valence-electron chi connectivity index (χ1n) is 8.97. The zero-order valence-corrected chi connectivity index (χ0v) is 16.3. The molecule has 6 nitrogen and oxygen atoms in total. The second-order valence-electron chi connectivity index (χ2n) is 6.57.